The minimum Gasteiger partial charge on any atom is -0.456 e. The number of anilines is 6. The van der Waals surface area contributed by atoms with Crippen LogP contribution < -0.4 is 9.80 Å². The molecule has 0 unspecified atom stereocenters. The molecule has 0 aliphatic heterocycles. The Hall–Kier alpha value is -6.84. The Morgan fingerprint density at radius 1 is 0.255 bits per heavy atom. The lowest BCUT2D eigenvalue weighted by molar-refractivity contribution is 0.669. The fourth-order valence-electron chi connectivity index (χ4n) is 6.94. The van der Waals surface area contributed by atoms with Crippen molar-refractivity contribution in [3.63, 3.8) is 0 Å². The van der Waals surface area contributed by atoms with E-state index in [1.807, 2.05) is 12.1 Å². The van der Waals surface area contributed by atoms with Crippen molar-refractivity contribution in [2.24, 2.45) is 0 Å². The van der Waals surface area contributed by atoms with Crippen LogP contribution in [0.5, 0.6) is 0 Å². The maximum absolute atomic E-state index is 6.27. The molecule has 0 aliphatic carbocycles. The first-order chi connectivity index (χ1) is 25.3. The zero-order valence-electron chi connectivity index (χ0n) is 27.9. The highest BCUT2D eigenvalue weighted by molar-refractivity contribution is 6.06. The van der Waals surface area contributed by atoms with Crippen LogP contribution in [0, 0.1) is 0 Å². The first-order valence-corrected chi connectivity index (χ1v) is 17.3. The Morgan fingerprint density at radius 2 is 0.608 bits per heavy atom. The van der Waals surface area contributed by atoms with E-state index in [4.69, 9.17) is 4.42 Å². The minimum atomic E-state index is 0.878. The van der Waals surface area contributed by atoms with Crippen LogP contribution in [0.15, 0.2) is 211 Å². The van der Waals surface area contributed by atoms with Crippen molar-refractivity contribution in [2.45, 2.75) is 0 Å². The van der Waals surface area contributed by atoms with E-state index in [-0.39, 0.29) is 0 Å². The van der Waals surface area contributed by atoms with Gasteiger partial charge in [0.15, 0.2) is 0 Å². The maximum Gasteiger partial charge on any atom is 0.137 e. The van der Waals surface area contributed by atoms with Gasteiger partial charge in [0.1, 0.15) is 11.2 Å². The summed E-state index contributed by atoms with van der Waals surface area (Å²) in [6.45, 7) is 0. The summed E-state index contributed by atoms with van der Waals surface area (Å²) in [7, 11) is 0. The van der Waals surface area contributed by atoms with Gasteiger partial charge in [-0.05, 0) is 101 Å². The van der Waals surface area contributed by atoms with Crippen LogP contribution in [0.2, 0.25) is 0 Å². The third-order valence-electron chi connectivity index (χ3n) is 9.47. The lowest BCUT2D eigenvalue weighted by atomic mass is 10.0. The number of nitrogens with zero attached hydrogens (tertiary/aromatic N) is 2. The van der Waals surface area contributed by atoms with Crippen molar-refractivity contribution in [2.75, 3.05) is 9.80 Å². The van der Waals surface area contributed by atoms with Crippen molar-refractivity contribution in [1.82, 2.24) is 0 Å². The van der Waals surface area contributed by atoms with E-state index < -0.39 is 0 Å². The molecule has 1 aromatic heterocycles. The number of rotatable bonds is 8. The molecule has 242 valence electrons. The van der Waals surface area contributed by atoms with Crippen LogP contribution in [-0.2, 0) is 0 Å². The molecule has 0 fully saturated rings. The number of benzene rings is 8. The Kier molecular flexibility index (Phi) is 7.84. The summed E-state index contributed by atoms with van der Waals surface area (Å²) in [5, 5.41) is 2.25. The molecule has 0 aliphatic rings. The monoisotopic (exact) mass is 654 g/mol. The van der Waals surface area contributed by atoms with Gasteiger partial charge in [0.25, 0.3) is 0 Å². The highest BCUT2D eigenvalue weighted by Gasteiger charge is 2.16. The van der Waals surface area contributed by atoms with E-state index in [2.05, 4.69) is 204 Å². The van der Waals surface area contributed by atoms with Crippen molar-refractivity contribution in [3.8, 4) is 22.3 Å². The number of para-hydroxylation sites is 3. The third kappa shape index (κ3) is 5.92. The SMILES string of the molecule is c1ccc(-c2ccc(N(c3ccccc3)c3ccc(-c4ccc(N(c5ccccc5)c5ccc6c(c5)oc5ccccc56)cc4)cc3)cc2)cc1. The zero-order valence-corrected chi connectivity index (χ0v) is 27.9. The van der Waals surface area contributed by atoms with Gasteiger partial charge in [0.2, 0.25) is 0 Å². The summed E-state index contributed by atoms with van der Waals surface area (Å²) in [6, 6.07) is 72.7. The lowest BCUT2D eigenvalue weighted by Gasteiger charge is -2.26. The highest BCUT2D eigenvalue weighted by atomic mass is 16.3. The Morgan fingerprint density at radius 3 is 1.12 bits per heavy atom. The van der Waals surface area contributed by atoms with Crippen molar-refractivity contribution in [1.29, 1.82) is 0 Å². The molecule has 51 heavy (non-hydrogen) atoms. The molecule has 0 bridgehead atoms. The van der Waals surface area contributed by atoms with Gasteiger partial charge < -0.3 is 14.2 Å². The predicted octanol–water partition coefficient (Wildman–Crippen LogP) is 13.9. The summed E-state index contributed by atoms with van der Waals surface area (Å²) < 4.78 is 6.27. The maximum atomic E-state index is 6.27. The van der Waals surface area contributed by atoms with Gasteiger partial charge in [0, 0.05) is 51.0 Å². The van der Waals surface area contributed by atoms with Gasteiger partial charge in [-0.25, -0.2) is 0 Å². The fraction of sp³-hybridized carbons (Fsp3) is 0. The minimum absolute atomic E-state index is 0.878. The van der Waals surface area contributed by atoms with Crippen molar-refractivity contribution >= 4 is 56.1 Å². The number of fused-ring (bicyclic) bond motifs is 3. The summed E-state index contributed by atoms with van der Waals surface area (Å²) in [5.41, 5.74) is 13.0. The van der Waals surface area contributed by atoms with Gasteiger partial charge in [-0.1, -0.05) is 121 Å². The second kappa shape index (κ2) is 13.2. The Bertz CT molecular complexity index is 2540. The Balaban J connectivity index is 1.03. The Labute approximate surface area is 297 Å². The summed E-state index contributed by atoms with van der Waals surface area (Å²) in [4.78, 5) is 4.58. The smallest absolute Gasteiger partial charge is 0.137 e. The van der Waals surface area contributed by atoms with E-state index in [0.717, 1.165) is 67.2 Å². The molecule has 0 radical (unpaired) electrons. The van der Waals surface area contributed by atoms with E-state index in [0.29, 0.717) is 0 Å². The summed E-state index contributed by atoms with van der Waals surface area (Å²) in [5.74, 6) is 0. The second-order valence-corrected chi connectivity index (χ2v) is 12.6. The molecule has 0 saturated carbocycles. The molecule has 0 atom stereocenters. The van der Waals surface area contributed by atoms with E-state index in [1.54, 1.807) is 0 Å². The third-order valence-corrected chi connectivity index (χ3v) is 9.47. The normalized spacial score (nSPS) is 11.1. The topological polar surface area (TPSA) is 19.6 Å². The molecular weight excluding hydrogens is 621 g/mol. The first kappa shape index (κ1) is 30.2. The predicted molar refractivity (Wildman–Crippen MR) is 214 cm³/mol. The molecule has 0 N–H and O–H groups in total. The molecule has 9 rings (SSSR count). The summed E-state index contributed by atoms with van der Waals surface area (Å²) >= 11 is 0. The first-order valence-electron chi connectivity index (χ1n) is 17.3. The van der Waals surface area contributed by atoms with Gasteiger partial charge in [-0.15, -0.1) is 0 Å². The van der Waals surface area contributed by atoms with Crippen LogP contribution >= 0.6 is 0 Å². The van der Waals surface area contributed by atoms with E-state index in [9.17, 15) is 0 Å². The van der Waals surface area contributed by atoms with Crippen LogP contribution in [0.25, 0.3) is 44.2 Å². The largest absolute Gasteiger partial charge is 0.456 e. The average molecular weight is 655 g/mol. The number of hydrogen-bond acceptors (Lipinski definition) is 3. The quantitative estimate of drug-likeness (QED) is 0.163. The van der Waals surface area contributed by atoms with Crippen LogP contribution in [0.4, 0.5) is 34.1 Å². The molecule has 9 aromatic rings. The second-order valence-electron chi connectivity index (χ2n) is 12.6. The number of furan rings is 1. The van der Waals surface area contributed by atoms with Gasteiger partial charge >= 0.3 is 0 Å². The van der Waals surface area contributed by atoms with Crippen molar-refractivity contribution < 1.29 is 4.42 Å². The molecule has 0 saturated heterocycles. The standard InChI is InChI=1S/C48H34N2O/c1-4-12-35(13-5-1)36-20-26-41(27-21-36)49(39-14-6-2-7-15-39)42-28-22-37(23-29-42)38-24-30-43(31-25-38)50(40-16-8-3-9-17-40)44-32-33-46-45-18-10-11-19-47(45)51-48(46)34-44/h1-34H. The molecular formula is C48H34N2O. The van der Waals surface area contributed by atoms with Gasteiger partial charge in [-0.3, -0.25) is 0 Å². The van der Waals surface area contributed by atoms with Crippen LogP contribution in [0.3, 0.4) is 0 Å². The van der Waals surface area contributed by atoms with E-state index >= 15 is 0 Å². The zero-order chi connectivity index (χ0) is 34.0. The highest BCUT2D eigenvalue weighted by Crippen LogP contribution is 2.40. The number of hydrogen-bond donors (Lipinski definition) is 0. The molecule has 8 aromatic carbocycles. The molecule has 0 amide bonds. The van der Waals surface area contributed by atoms with Crippen LogP contribution in [-0.4, -0.2) is 0 Å². The molecule has 3 heteroatoms. The average Bonchev–Trinajstić information content (AvgIpc) is 3.58. The van der Waals surface area contributed by atoms with Crippen molar-refractivity contribution in [3.05, 3.63) is 206 Å². The molecule has 1 heterocycles. The van der Waals surface area contributed by atoms with E-state index in [1.165, 1.54) is 11.1 Å². The molecule has 0 spiro atoms. The van der Waals surface area contributed by atoms with Gasteiger partial charge in [-0.2, -0.15) is 0 Å². The lowest BCUT2D eigenvalue weighted by Crippen LogP contribution is -2.10. The fourth-order valence-corrected chi connectivity index (χ4v) is 6.94. The van der Waals surface area contributed by atoms with Gasteiger partial charge in [0.05, 0.1) is 0 Å². The summed E-state index contributed by atoms with van der Waals surface area (Å²) in [6.07, 6.45) is 0. The van der Waals surface area contributed by atoms with Crippen LogP contribution in [0.1, 0.15) is 0 Å². The molecule has 3 nitrogen and oxygen atoms in total.